The van der Waals surface area contributed by atoms with E-state index in [1.807, 2.05) is 83.1 Å². The second-order valence-electron chi connectivity index (χ2n) is 7.28. The minimum absolute atomic E-state index is 0.0915. The Kier molecular flexibility index (Phi) is 4.96. The summed E-state index contributed by atoms with van der Waals surface area (Å²) in [5.41, 5.74) is 2.65. The van der Waals surface area contributed by atoms with Crippen molar-refractivity contribution in [2.75, 3.05) is 25.4 Å². The average Bonchev–Trinajstić information content (AvgIpc) is 3.11. The van der Waals surface area contributed by atoms with Crippen LogP contribution in [0.2, 0.25) is 0 Å². The first-order chi connectivity index (χ1) is 13.1. The number of benzene rings is 2. The van der Waals surface area contributed by atoms with Gasteiger partial charge in [-0.25, -0.2) is 0 Å². The number of piperidine rings is 1. The van der Waals surface area contributed by atoms with Crippen molar-refractivity contribution in [3.05, 3.63) is 71.3 Å². The Hall–Kier alpha value is -2.27. The molecule has 0 atom stereocenters. The molecule has 2 fully saturated rings. The number of nitrogens with zero attached hydrogens (tertiary/aromatic N) is 2. The van der Waals surface area contributed by atoms with Crippen LogP contribution in [0.3, 0.4) is 0 Å². The molecule has 0 unspecified atom stereocenters. The lowest BCUT2D eigenvalue weighted by molar-refractivity contribution is 0.0498. The molecule has 0 aromatic heterocycles. The van der Waals surface area contributed by atoms with Crippen LogP contribution in [-0.4, -0.2) is 51.9 Å². The van der Waals surface area contributed by atoms with Gasteiger partial charge in [0.25, 0.3) is 11.8 Å². The van der Waals surface area contributed by atoms with Crippen molar-refractivity contribution in [2.45, 2.75) is 24.6 Å². The number of carbonyl (C=O) groups is 2. The molecule has 140 valence electrons. The summed E-state index contributed by atoms with van der Waals surface area (Å²) in [7, 11) is 0. The van der Waals surface area contributed by atoms with E-state index < -0.39 is 0 Å². The van der Waals surface area contributed by atoms with Crippen molar-refractivity contribution in [1.29, 1.82) is 0 Å². The van der Waals surface area contributed by atoms with Gasteiger partial charge in [-0.3, -0.25) is 9.59 Å². The maximum Gasteiger partial charge on any atom is 0.254 e. The molecule has 0 bridgehead atoms. The number of rotatable bonds is 2. The van der Waals surface area contributed by atoms with Crippen LogP contribution in [0.4, 0.5) is 0 Å². The molecule has 27 heavy (non-hydrogen) atoms. The van der Waals surface area contributed by atoms with E-state index in [1.165, 1.54) is 0 Å². The fourth-order valence-corrected chi connectivity index (χ4v) is 5.44. The second-order valence-corrected chi connectivity index (χ2v) is 8.73. The van der Waals surface area contributed by atoms with Crippen molar-refractivity contribution in [1.82, 2.24) is 9.80 Å². The minimum atomic E-state index is -0.170. The van der Waals surface area contributed by atoms with E-state index in [0.717, 1.165) is 41.8 Å². The van der Waals surface area contributed by atoms with E-state index in [2.05, 4.69) is 0 Å². The van der Waals surface area contributed by atoms with Gasteiger partial charge in [-0.2, -0.15) is 0 Å². The second kappa shape index (κ2) is 7.39. The number of hydrogen-bond acceptors (Lipinski definition) is 3. The smallest absolute Gasteiger partial charge is 0.254 e. The average molecular weight is 381 g/mol. The molecule has 2 aliphatic heterocycles. The predicted molar refractivity (Wildman–Crippen MR) is 109 cm³/mol. The summed E-state index contributed by atoms with van der Waals surface area (Å²) in [4.78, 5) is 29.6. The van der Waals surface area contributed by atoms with Crippen LogP contribution < -0.4 is 0 Å². The first kappa shape index (κ1) is 18.1. The molecule has 5 heteroatoms. The molecule has 2 aromatic carbocycles. The van der Waals surface area contributed by atoms with Crippen molar-refractivity contribution < 1.29 is 9.59 Å². The van der Waals surface area contributed by atoms with E-state index in [0.29, 0.717) is 13.1 Å². The summed E-state index contributed by atoms with van der Waals surface area (Å²) >= 11 is 1.88. The highest BCUT2D eigenvalue weighted by Crippen LogP contribution is 2.44. The number of hydrogen-bond donors (Lipinski definition) is 0. The molecule has 4 nitrogen and oxygen atoms in total. The summed E-state index contributed by atoms with van der Waals surface area (Å²) in [5.74, 6) is 1.16. The van der Waals surface area contributed by atoms with Gasteiger partial charge in [-0.15, -0.1) is 11.8 Å². The molecule has 2 saturated heterocycles. The summed E-state index contributed by atoms with van der Waals surface area (Å²) in [5, 5.41) is 0. The van der Waals surface area contributed by atoms with Crippen LogP contribution in [0, 0.1) is 6.92 Å². The van der Waals surface area contributed by atoms with Gasteiger partial charge in [-0.1, -0.05) is 35.9 Å². The van der Waals surface area contributed by atoms with Gasteiger partial charge in [0.1, 0.15) is 0 Å². The number of thioether (sulfide) groups is 1. The topological polar surface area (TPSA) is 40.6 Å². The highest BCUT2D eigenvalue weighted by atomic mass is 32.2. The van der Waals surface area contributed by atoms with E-state index >= 15 is 0 Å². The van der Waals surface area contributed by atoms with Gasteiger partial charge >= 0.3 is 0 Å². The molecule has 0 radical (unpaired) electrons. The van der Waals surface area contributed by atoms with Gasteiger partial charge in [0.15, 0.2) is 0 Å². The Morgan fingerprint density at radius 3 is 2.15 bits per heavy atom. The van der Waals surface area contributed by atoms with Crippen LogP contribution in [0.25, 0.3) is 0 Å². The Bertz CT molecular complexity index is 827. The van der Waals surface area contributed by atoms with Gasteiger partial charge < -0.3 is 9.80 Å². The number of carbonyl (C=O) groups excluding carboxylic acids is 2. The van der Waals surface area contributed by atoms with E-state index in [4.69, 9.17) is 0 Å². The monoisotopic (exact) mass is 380 g/mol. The normalized spacial score (nSPS) is 18.7. The van der Waals surface area contributed by atoms with Gasteiger partial charge in [0.05, 0.1) is 4.87 Å². The molecule has 1 spiro atoms. The third-order valence-electron chi connectivity index (χ3n) is 5.57. The molecule has 0 N–H and O–H groups in total. The fourth-order valence-electron chi connectivity index (χ4n) is 3.98. The fraction of sp³-hybridized carbons (Fsp3) is 0.364. The Balaban J connectivity index is 1.46. The maximum absolute atomic E-state index is 13.0. The molecule has 2 amide bonds. The van der Waals surface area contributed by atoms with Gasteiger partial charge in [0, 0.05) is 36.5 Å². The zero-order valence-electron chi connectivity index (χ0n) is 15.6. The molecule has 0 aliphatic carbocycles. The summed E-state index contributed by atoms with van der Waals surface area (Å²) in [6.07, 6.45) is 1.65. The van der Waals surface area contributed by atoms with Crippen LogP contribution in [0.5, 0.6) is 0 Å². The van der Waals surface area contributed by atoms with Crippen molar-refractivity contribution in [3.63, 3.8) is 0 Å². The summed E-state index contributed by atoms with van der Waals surface area (Å²) in [6.45, 7) is 4.19. The van der Waals surface area contributed by atoms with Crippen LogP contribution in [0.15, 0.2) is 54.6 Å². The Labute approximate surface area is 164 Å². The first-order valence-electron chi connectivity index (χ1n) is 9.46. The molecular formula is C22H24N2O2S. The van der Waals surface area contributed by atoms with E-state index in [9.17, 15) is 9.59 Å². The van der Waals surface area contributed by atoms with Crippen molar-refractivity contribution in [2.24, 2.45) is 0 Å². The van der Waals surface area contributed by atoms with Crippen LogP contribution in [-0.2, 0) is 0 Å². The van der Waals surface area contributed by atoms with Crippen LogP contribution >= 0.6 is 11.8 Å². The first-order valence-corrected chi connectivity index (χ1v) is 10.4. The Morgan fingerprint density at radius 1 is 0.852 bits per heavy atom. The molecule has 2 aromatic rings. The minimum Gasteiger partial charge on any atom is -0.338 e. The lowest BCUT2D eigenvalue weighted by Crippen LogP contribution is -2.53. The number of amides is 2. The Morgan fingerprint density at radius 2 is 1.48 bits per heavy atom. The van der Waals surface area contributed by atoms with Gasteiger partial charge in [0.2, 0.25) is 0 Å². The summed E-state index contributed by atoms with van der Waals surface area (Å²) in [6, 6.07) is 17.3. The molecule has 2 aliphatic rings. The lowest BCUT2D eigenvalue weighted by atomic mass is 10.00. The SMILES string of the molecule is Cc1ccc(C(=O)N2CCC3(CC2)SCCN3C(=O)c2ccccc2)cc1. The zero-order valence-corrected chi connectivity index (χ0v) is 16.4. The molecule has 2 heterocycles. The number of likely N-dealkylation sites (tertiary alicyclic amines) is 1. The highest BCUT2D eigenvalue weighted by molar-refractivity contribution is 8.00. The molecular weight excluding hydrogens is 356 g/mol. The molecule has 0 saturated carbocycles. The van der Waals surface area contributed by atoms with Crippen LogP contribution in [0.1, 0.15) is 39.1 Å². The zero-order chi connectivity index (χ0) is 18.9. The summed E-state index contributed by atoms with van der Waals surface area (Å²) < 4.78 is 0. The van der Waals surface area contributed by atoms with Crippen molar-refractivity contribution in [3.8, 4) is 0 Å². The number of aryl methyl sites for hydroxylation is 1. The quantitative estimate of drug-likeness (QED) is 0.795. The third-order valence-corrected chi connectivity index (χ3v) is 7.13. The maximum atomic E-state index is 13.0. The third kappa shape index (κ3) is 3.48. The molecule has 4 rings (SSSR count). The van der Waals surface area contributed by atoms with Crippen molar-refractivity contribution >= 4 is 23.6 Å². The standard InChI is InChI=1S/C22H24N2O2S/c1-17-7-9-19(10-8-17)20(25)23-13-11-22(12-14-23)24(15-16-27-22)21(26)18-5-3-2-4-6-18/h2-10H,11-16H2,1H3. The van der Waals surface area contributed by atoms with E-state index in [-0.39, 0.29) is 16.7 Å². The van der Waals surface area contributed by atoms with Gasteiger partial charge in [-0.05, 0) is 44.0 Å². The van der Waals surface area contributed by atoms with E-state index in [1.54, 1.807) is 0 Å². The highest BCUT2D eigenvalue weighted by Gasteiger charge is 2.47. The lowest BCUT2D eigenvalue weighted by Gasteiger charge is -2.44. The largest absolute Gasteiger partial charge is 0.338 e. The predicted octanol–water partition coefficient (Wildman–Crippen LogP) is 3.82.